The van der Waals surface area contributed by atoms with Gasteiger partial charge in [-0.3, -0.25) is 4.90 Å². The van der Waals surface area contributed by atoms with E-state index in [9.17, 15) is 4.79 Å². The molecule has 0 saturated carbocycles. The Morgan fingerprint density at radius 1 is 1.50 bits per heavy atom. The van der Waals surface area contributed by atoms with Crippen molar-refractivity contribution in [3.63, 3.8) is 0 Å². The number of nitrogens with zero attached hydrogens (tertiary/aromatic N) is 1. The minimum Gasteiger partial charge on any atom is -0.490 e. The first-order chi connectivity index (χ1) is 7.66. The molecule has 1 N–H and O–H groups in total. The summed E-state index contributed by atoms with van der Waals surface area (Å²) in [6.45, 7) is 0.748. The van der Waals surface area contributed by atoms with Crippen molar-refractivity contribution in [2.45, 2.75) is 0 Å². The van der Waals surface area contributed by atoms with Gasteiger partial charge in [-0.25, -0.2) is 4.79 Å². The SMILES string of the molecule is O=C(O)N1C=C(c2cccc(Br)c2)OCC1. The van der Waals surface area contributed by atoms with Gasteiger partial charge in [-0.05, 0) is 12.1 Å². The third-order valence-corrected chi connectivity index (χ3v) is 2.71. The van der Waals surface area contributed by atoms with Crippen LogP contribution in [0.15, 0.2) is 34.9 Å². The van der Waals surface area contributed by atoms with Crippen LogP contribution in [-0.4, -0.2) is 29.3 Å². The summed E-state index contributed by atoms with van der Waals surface area (Å²) in [4.78, 5) is 12.0. The lowest BCUT2D eigenvalue weighted by molar-refractivity contribution is 0.140. The van der Waals surface area contributed by atoms with Crippen molar-refractivity contribution in [3.05, 3.63) is 40.5 Å². The van der Waals surface area contributed by atoms with Gasteiger partial charge in [-0.15, -0.1) is 0 Å². The van der Waals surface area contributed by atoms with E-state index in [0.717, 1.165) is 10.0 Å². The number of hydrogen-bond donors (Lipinski definition) is 1. The molecule has 0 spiro atoms. The van der Waals surface area contributed by atoms with E-state index in [1.54, 1.807) is 0 Å². The quantitative estimate of drug-likeness (QED) is 0.862. The number of carbonyl (C=O) groups is 1. The molecule has 2 rings (SSSR count). The molecule has 0 bridgehead atoms. The van der Waals surface area contributed by atoms with Gasteiger partial charge in [0.05, 0.1) is 12.7 Å². The molecule has 0 aromatic heterocycles. The van der Waals surface area contributed by atoms with Crippen LogP contribution in [0, 0.1) is 0 Å². The largest absolute Gasteiger partial charge is 0.490 e. The predicted octanol–water partition coefficient (Wildman–Crippen LogP) is 2.76. The maximum absolute atomic E-state index is 10.8. The first kappa shape index (κ1) is 11.0. The molecule has 84 valence electrons. The molecule has 1 amide bonds. The topological polar surface area (TPSA) is 49.8 Å². The number of benzene rings is 1. The zero-order chi connectivity index (χ0) is 11.5. The number of ether oxygens (including phenoxy) is 1. The molecule has 0 aliphatic carbocycles. The highest BCUT2D eigenvalue weighted by molar-refractivity contribution is 9.10. The standard InChI is InChI=1S/C11H10BrNO3/c12-9-3-1-2-8(6-9)10-7-13(11(14)15)4-5-16-10/h1-3,6-7H,4-5H2,(H,14,15). The van der Waals surface area contributed by atoms with E-state index in [2.05, 4.69) is 15.9 Å². The summed E-state index contributed by atoms with van der Waals surface area (Å²) in [5.74, 6) is 0.579. The Labute approximate surface area is 101 Å². The van der Waals surface area contributed by atoms with Crippen LogP contribution >= 0.6 is 15.9 Å². The van der Waals surface area contributed by atoms with E-state index >= 15 is 0 Å². The Balaban J connectivity index is 2.30. The predicted molar refractivity (Wildman–Crippen MR) is 62.8 cm³/mol. The van der Waals surface area contributed by atoms with Crippen LogP contribution in [0.5, 0.6) is 0 Å². The summed E-state index contributed by atoms with van der Waals surface area (Å²) in [5, 5.41) is 8.87. The lowest BCUT2D eigenvalue weighted by Crippen LogP contribution is -2.31. The van der Waals surface area contributed by atoms with Gasteiger partial charge in [0.1, 0.15) is 12.4 Å². The third-order valence-electron chi connectivity index (χ3n) is 2.22. The monoisotopic (exact) mass is 283 g/mol. The van der Waals surface area contributed by atoms with Crippen molar-refractivity contribution in [1.82, 2.24) is 4.90 Å². The van der Waals surface area contributed by atoms with Crippen molar-refractivity contribution in [3.8, 4) is 0 Å². The highest BCUT2D eigenvalue weighted by atomic mass is 79.9. The Kier molecular flexibility index (Phi) is 3.14. The highest BCUT2D eigenvalue weighted by Gasteiger charge is 2.17. The van der Waals surface area contributed by atoms with E-state index in [0.29, 0.717) is 18.9 Å². The lowest BCUT2D eigenvalue weighted by Gasteiger charge is -2.23. The fraction of sp³-hybridized carbons (Fsp3) is 0.182. The normalized spacial score (nSPS) is 15.3. The number of amides is 1. The maximum atomic E-state index is 10.8. The molecule has 1 aliphatic rings. The first-order valence-corrected chi connectivity index (χ1v) is 5.56. The second-order valence-electron chi connectivity index (χ2n) is 3.33. The average molecular weight is 284 g/mol. The Bertz CT molecular complexity index is 445. The van der Waals surface area contributed by atoms with Gasteiger partial charge in [0.15, 0.2) is 0 Å². The summed E-state index contributed by atoms with van der Waals surface area (Å²) < 4.78 is 6.37. The van der Waals surface area contributed by atoms with Crippen molar-refractivity contribution in [2.24, 2.45) is 0 Å². The minimum atomic E-state index is -0.962. The fourth-order valence-corrected chi connectivity index (χ4v) is 1.85. The molecule has 0 saturated heterocycles. The summed E-state index contributed by atoms with van der Waals surface area (Å²) >= 11 is 3.36. The molecule has 0 radical (unpaired) electrons. The molecule has 4 nitrogen and oxygen atoms in total. The van der Waals surface area contributed by atoms with Crippen LogP contribution in [0.4, 0.5) is 4.79 Å². The Morgan fingerprint density at radius 3 is 3.00 bits per heavy atom. The molecule has 16 heavy (non-hydrogen) atoms. The zero-order valence-corrected chi connectivity index (χ0v) is 9.98. The van der Waals surface area contributed by atoms with Crippen LogP contribution in [0.25, 0.3) is 5.76 Å². The second kappa shape index (κ2) is 4.57. The van der Waals surface area contributed by atoms with Crippen molar-refractivity contribution in [2.75, 3.05) is 13.2 Å². The fourth-order valence-electron chi connectivity index (χ4n) is 1.45. The molecule has 0 atom stereocenters. The van der Waals surface area contributed by atoms with Crippen molar-refractivity contribution in [1.29, 1.82) is 0 Å². The van der Waals surface area contributed by atoms with E-state index in [4.69, 9.17) is 9.84 Å². The highest BCUT2D eigenvalue weighted by Crippen LogP contribution is 2.22. The van der Waals surface area contributed by atoms with Gasteiger partial charge in [-0.2, -0.15) is 0 Å². The van der Waals surface area contributed by atoms with Gasteiger partial charge in [0.2, 0.25) is 0 Å². The molecular formula is C11H10BrNO3. The second-order valence-corrected chi connectivity index (χ2v) is 4.24. The van der Waals surface area contributed by atoms with Gasteiger partial charge in [0.25, 0.3) is 0 Å². The van der Waals surface area contributed by atoms with E-state index in [-0.39, 0.29) is 0 Å². The van der Waals surface area contributed by atoms with Gasteiger partial charge >= 0.3 is 6.09 Å². The summed E-state index contributed by atoms with van der Waals surface area (Å²) in [5.41, 5.74) is 0.861. The Hall–Kier alpha value is -1.49. The molecule has 1 aromatic carbocycles. The van der Waals surface area contributed by atoms with Crippen LogP contribution in [0.3, 0.4) is 0 Å². The van der Waals surface area contributed by atoms with E-state index in [1.807, 2.05) is 24.3 Å². The van der Waals surface area contributed by atoms with Crippen LogP contribution < -0.4 is 0 Å². The molecule has 5 heteroatoms. The third kappa shape index (κ3) is 2.36. The average Bonchev–Trinajstić information content (AvgIpc) is 2.29. The molecule has 1 aromatic rings. The van der Waals surface area contributed by atoms with E-state index in [1.165, 1.54) is 11.1 Å². The van der Waals surface area contributed by atoms with E-state index < -0.39 is 6.09 Å². The van der Waals surface area contributed by atoms with Crippen LogP contribution in [-0.2, 0) is 4.74 Å². The van der Waals surface area contributed by atoms with Gasteiger partial charge in [-0.1, -0.05) is 28.1 Å². The number of carboxylic acid groups (broad SMARTS) is 1. The summed E-state index contributed by atoms with van der Waals surface area (Å²) in [6.07, 6.45) is 0.545. The van der Waals surface area contributed by atoms with Crippen molar-refractivity contribution < 1.29 is 14.6 Å². The maximum Gasteiger partial charge on any atom is 0.411 e. The van der Waals surface area contributed by atoms with Crippen LogP contribution in [0.1, 0.15) is 5.56 Å². The first-order valence-electron chi connectivity index (χ1n) is 4.77. The molecule has 0 unspecified atom stereocenters. The Morgan fingerprint density at radius 2 is 2.31 bits per heavy atom. The van der Waals surface area contributed by atoms with Crippen molar-refractivity contribution >= 4 is 27.8 Å². The lowest BCUT2D eigenvalue weighted by atomic mass is 10.2. The molecule has 0 fully saturated rings. The number of hydrogen-bond acceptors (Lipinski definition) is 2. The summed E-state index contributed by atoms with van der Waals surface area (Å²) in [7, 11) is 0. The smallest absolute Gasteiger partial charge is 0.411 e. The zero-order valence-electron chi connectivity index (χ0n) is 8.39. The van der Waals surface area contributed by atoms with Gasteiger partial charge < -0.3 is 9.84 Å². The minimum absolute atomic E-state index is 0.368. The molecular weight excluding hydrogens is 274 g/mol. The van der Waals surface area contributed by atoms with Crippen LogP contribution in [0.2, 0.25) is 0 Å². The molecule has 1 heterocycles. The summed E-state index contributed by atoms with van der Waals surface area (Å²) in [6, 6.07) is 7.55. The van der Waals surface area contributed by atoms with Gasteiger partial charge in [0, 0.05) is 10.0 Å². The number of halogens is 1. The molecule has 1 aliphatic heterocycles. The number of rotatable bonds is 1.